The molecule has 104 valence electrons. The summed E-state index contributed by atoms with van der Waals surface area (Å²) in [6, 6.07) is 19.1. The van der Waals surface area contributed by atoms with Crippen LogP contribution >= 0.6 is 12.2 Å². The predicted molar refractivity (Wildman–Crippen MR) is 87.7 cm³/mol. The first kappa shape index (κ1) is 13.3. The fourth-order valence-corrected chi connectivity index (χ4v) is 2.10. The van der Waals surface area contributed by atoms with Crippen molar-refractivity contribution in [1.82, 2.24) is 0 Å². The van der Waals surface area contributed by atoms with E-state index in [4.69, 9.17) is 22.4 Å². The van der Waals surface area contributed by atoms with Gasteiger partial charge in [-0.25, -0.2) is 0 Å². The number of para-hydroxylation sites is 2. The maximum atomic E-state index is 5.78. The van der Waals surface area contributed by atoms with Crippen LogP contribution in [-0.4, -0.2) is 4.99 Å². The average molecular weight is 295 g/mol. The summed E-state index contributed by atoms with van der Waals surface area (Å²) < 4.78 is 5.78. The van der Waals surface area contributed by atoms with Crippen molar-refractivity contribution in [3.8, 4) is 0 Å². The van der Waals surface area contributed by atoms with Crippen LogP contribution < -0.4 is 16.7 Å². The minimum Gasteiger partial charge on any atom is -0.436 e. The molecule has 0 bridgehead atoms. The zero-order valence-electron chi connectivity index (χ0n) is 11.1. The van der Waals surface area contributed by atoms with E-state index in [2.05, 4.69) is 10.5 Å². The van der Waals surface area contributed by atoms with Gasteiger partial charge in [0.25, 0.3) is 0 Å². The number of fused-ring (bicyclic) bond motifs is 1. The zero-order chi connectivity index (χ0) is 14.7. The Bertz CT molecular complexity index is 856. The molecule has 0 atom stereocenters. The Balaban J connectivity index is 2.11. The first-order valence-electron chi connectivity index (χ1n) is 6.41. The third-order valence-electron chi connectivity index (χ3n) is 2.98. The second kappa shape index (κ2) is 5.76. The van der Waals surface area contributed by atoms with Crippen LogP contribution in [0.15, 0.2) is 70.2 Å². The molecule has 0 fully saturated rings. The summed E-state index contributed by atoms with van der Waals surface area (Å²) in [5, 5.41) is 5.19. The van der Waals surface area contributed by atoms with E-state index in [0.717, 1.165) is 16.7 Å². The number of hydrogen-bond acceptors (Lipinski definition) is 4. The third kappa shape index (κ3) is 2.93. The van der Waals surface area contributed by atoms with Gasteiger partial charge < -0.3 is 10.2 Å². The fraction of sp³-hybridized carbons (Fsp3) is 0. The van der Waals surface area contributed by atoms with Crippen LogP contribution in [0.2, 0.25) is 0 Å². The first-order valence-corrected chi connectivity index (χ1v) is 6.82. The number of rotatable bonds is 3. The molecule has 21 heavy (non-hydrogen) atoms. The van der Waals surface area contributed by atoms with Crippen molar-refractivity contribution in [2.75, 3.05) is 5.43 Å². The van der Waals surface area contributed by atoms with E-state index in [-0.39, 0.29) is 4.99 Å². The zero-order valence-corrected chi connectivity index (χ0v) is 11.9. The predicted octanol–water partition coefficient (Wildman–Crippen LogP) is 2.99. The maximum absolute atomic E-state index is 5.78. The van der Waals surface area contributed by atoms with Gasteiger partial charge in [0.05, 0.1) is 11.3 Å². The van der Waals surface area contributed by atoms with Crippen LogP contribution in [-0.2, 0) is 0 Å². The number of thiocarbonyl (C=S) groups is 1. The van der Waals surface area contributed by atoms with E-state index in [1.807, 2.05) is 60.7 Å². The molecule has 0 unspecified atom stereocenters. The Morgan fingerprint density at radius 1 is 1.05 bits per heavy atom. The molecule has 0 aliphatic rings. The lowest BCUT2D eigenvalue weighted by Gasteiger charge is -2.04. The Kier molecular flexibility index (Phi) is 3.66. The van der Waals surface area contributed by atoms with Gasteiger partial charge in [0.15, 0.2) is 0 Å². The van der Waals surface area contributed by atoms with Crippen molar-refractivity contribution in [2.24, 2.45) is 10.8 Å². The van der Waals surface area contributed by atoms with Gasteiger partial charge in [-0.3, -0.25) is 5.43 Å². The minimum atomic E-state index is 0.248. The first-order chi connectivity index (χ1) is 10.2. The molecule has 0 radical (unpaired) electrons. The normalized spacial score (nSPS) is 11.5. The molecule has 2 aromatic carbocycles. The van der Waals surface area contributed by atoms with Gasteiger partial charge >= 0.3 is 0 Å². The minimum absolute atomic E-state index is 0.248. The van der Waals surface area contributed by atoms with Crippen molar-refractivity contribution in [3.05, 3.63) is 71.8 Å². The standard InChI is InChI=1S/C16H13N3OS/c17-15(21)13-10-11-6-4-5-9-14(11)20-16(13)19-18-12-7-2-1-3-8-12/h1-10,18H,(H2,17,21)/b19-16-. The molecule has 0 aliphatic heterocycles. The number of nitrogens with zero attached hydrogens (tertiary/aromatic N) is 1. The van der Waals surface area contributed by atoms with E-state index in [1.165, 1.54) is 0 Å². The number of anilines is 1. The molecule has 1 heterocycles. The van der Waals surface area contributed by atoms with Crippen molar-refractivity contribution in [3.63, 3.8) is 0 Å². The van der Waals surface area contributed by atoms with Crippen LogP contribution in [0.5, 0.6) is 0 Å². The number of benzene rings is 2. The van der Waals surface area contributed by atoms with Crippen molar-refractivity contribution in [1.29, 1.82) is 0 Å². The molecule has 0 aliphatic carbocycles. The molecule has 0 saturated carbocycles. The van der Waals surface area contributed by atoms with Gasteiger partial charge in [-0.15, -0.1) is 5.10 Å². The number of nitrogens with one attached hydrogen (secondary N) is 1. The Hall–Kier alpha value is -2.66. The topological polar surface area (TPSA) is 63.5 Å². The van der Waals surface area contributed by atoms with Gasteiger partial charge in [0.1, 0.15) is 10.6 Å². The highest BCUT2D eigenvalue weighted by Crippen LogP contribution is 2.13. The maximum Gasteiger partial charge on any atom is 0.246 e. The molecular formula is C16H13N3OS. The second-order valence-corrected chi connectivity index (χ2v) is 4.90. The van der Waals surface area contributed by atoms with E-state index >= 15 is 0 Å². The Morgan fingerprint density at radius 3 is 2.52 bits per heavy atom. The molecule has 0 saturated heterocycles. The highest BCUT2D eigenvalue weighted by Gasteiger charge is 2.06. The largest absolute Gasteiger partial charge is 0.436 e. The van der Waals surface area contributed by atoms with E-state index in [9.17, 15) is 0 Å². The second-order valence-electron chi connectivity index (χ2n) is 4.46. The molecule has 1 aromatic heterocycles. The molecule has 4 nitrogen and oxygen atoms in total. The smallest absolute Gasteiger partial charge is 0.246 e. The van der Waals surface area contributed by atoms with Crippen LogP contribution in [0.25, 0.3) is 11.0 Å². The highest BCUT2D eigenvalue weighted by atomic mass is 32.1. The van der Waals surface area contributed by atoms with Crippen molar-refractivity contribution in [2.45, 2.75) is 0 Å². The summed E-state index contributed by atoms with van der Waals surface area (Å²) in [6.45, 7) is 0. The van der Waals surface area contributed by atoms with Crippen molar-refractivity contribution >= 4 is 33.9 Å². The SMILES string of the molecule is NC(=S)c1cc2ccccc2o/c1=N\Nc1ccccc1. The Morgan fingerprint density at radius 2 is 1.76 bits per heavy atom. The highest BCUT2D eigenvalue weighted by molar-refractivity contribution is 7.80. The lowest BCUT2D eigenvalue weighted by Crippen LogP contribution is -2.22. The van der Waals surface area contributed by atoms with E-state index in [1.54, 1.807) is 0 Å². The van der Waals surface area contributed by atoms with Crippen LogP contribution in [0.1, 0.15) is 5.56 Å². The van der Waals surface area contributed by atoms with Crippen molar-refractivity contribution < 1.29 is 4.42 Å². The molecule has 3 rings (SSSR count). The van der Waals surface area contributed by atoms with Crippen LogP contribution in [0.3, 0.4) is 0 Å². The van der Waals surface area contributed by atoms with Crippen LogP contribution in [0.4, 0.5) is 5.69 Å². The van der Waals surface area contributed by atoms with Gasteiger partial charge in [-0.1, -0.05) is 48.6 Å². The average Bonchev–Trinajstić information content (AvgIpc) is 2.53. The summed E-state index contributed by atoms with van der Waals surface area (Å²) in [4.78, 5) is 0.248. The molecular weight excluding hydrogens is 282 g/mol. The van der Waals surface area contributed by atoms with E-state index < -0.39 is 0 Å². The molecule has 0 spiro atoms. The lowest BCUT2D eigenvalue weighted by molar-refractivity contribution is 0.539. The summed E-state index contributed by atoms with van der Waals surface area (Å²) in [5.41, 5.74) is 11.2. The summed E-state index contributed by atoms with van der Waals surface area (Å²) in [7, 11) is 0. The quantitative estimate of drug-likeness (QED) is 0.576. The number of hydrogen-bond donors (Lipinski definition) is 2. The third-order valence-corrected chi connectivity index (χ3v) is 3.20. The monoisotopic (exact) mass is 295 g/mol. The van der Waals surface area contributed by atoms with Gasteiger partial charge in [-0.05, 0) is 24.3 Å². The fourth-order valence-electron chi connectivity index (χ4n) is 1.96. The summed E-state index contributed by atoms with van der Waals surface area (Å²) in [5.74, 6) is 0. The number of nitrogens with two attached hydrogens (primary N) is 1. The van der Waals surface area contributed by atoms with Crippen LogP contribution in [0, 0.1) is 0 Å². The summed E-state index contributed by atoms with van der Waals surface area (Å²) >= 11 is 5.07. The molecule has 5 heteroatoms. The Labute approximate surface area is 126 Å². The summed E-state index contributed by atoms with van der Waals surface area (Å²) in [6.07, 6.45) is 0. The van der Waals surface area contributed by atoms with Gasteiger partial charge in [0, 0.05) is 5.39 Å². The molecule has 0 amide bonds. The van der Waals surface area contributed by atoms with E-state index in [0.29, 0.717) is 11.1 Å². The van der Waals surface area contributed by atoms with Gasteiger partial charge in [-0.2, -0.15) is 0 Å². The molecule has 3 N–H and O–H groups in total. The van der Waals surface area contributed by atoms with Gasteiger partial charge in [0.2, 0.25) is 5.55 Å². The molecule has 3 aromatic rings. The lowest BCUT2D eigenvalue weighted by atomic mass is 10.2.